The minimum atomic E-state index is -0.980. The van der Waals surface area contributed by atoms with E-state index in [1.807, 2.05) is 17.5 Å². The second-order valence-corrected chi connectivity index (χ2v) is 7.36. The zero-order chi connectivity index (χ0) is 19.2. The van der Waals surface area contributed by atoms with Crippen molar-refractivity contribution in [3.8, 4) is 0 Å². The van der Waals surface area contributed by atoms with Gasteiger partial charge in [0.2, 0.25) is 0 Å². The van der Waals surface area contributed by atoms with Gasteiger partial charge in [0, 0.05) is 22.1 Å². The first-order valence-electron chi connectivity index (χ1n) is 8.07. The Balaban J connectivity index is 1.62. The third-order valence-electron chi connectivity index (χ3n) is 3.50. The van der Waals surface area contributed by atoms with Crippen LogP contribution in [-0.2, 0) is 15.3 Å². The van der Waals surface area contributed by atoms with Crippen LogP contribution in [0.3, 0.4) is 0 Å². The summed E-state index contributed by atoms with van der Waals surface area (Å²) in [6.45, 7) is 3.22. The minimum absolute atomic E-state index is 0.277. The number of ether oxygens (including phenoxy) is 1. The first-order chi connectivity index (χ1) is 13.0. The SMILES string of the molecule is Cc1cc(NC(=O)[C@@H](C)OC(=O)c2ccccc2SCc2cscn2)no1. The van der Waals surface area contributed by atoms with E-state index in [0.717, 1.165) is 10.6 Å². The number of carbonyl (C=O) groups excluding carboxylic acids is 2. The molecule has 1 aromatic carbocycles. The van der Waals surface area contributed by atoms with Crippen LogP contribution in [0.15, 0.2) is 50.6 Å². The molecule has 1 atom stereocenters. The van der Waals surface area contributed by atoms with Gasteiger partial charge in [-0.05, 0) is 26.0 Å². The first-order valence-corrected chi connectivity index (χ1v) is 10.00. The van der Waals surface area contributed by atoms with Gasteiger partial charge in [0.25, 0.3) is 5.91 Å². The molecule has 7 nitrogen and oxygen atoms in total. The molecule has 2 heterocycles. The highest BCUT2D eigenvalue weighted by atomic mass is 32.2. The lowest BCUT2D eigenvalue weighted by molar-refractivity contribution is -0.123. The standard InChI is InChI=1S/C18H17N3O4S2/c1-11-7-16(21-25-11)20-17(22)12(2)24-18(23)14-5-3-4-6-15(14)27-9-13-8-26-10-19-13/h3-8,10,12H,9H2,1-2H3,(H,20,21,22)/t12-/m1/s1. The van der Waals surface area contributed by atoms with Gasteiger partial charge in [-0.3, -0.25) is 4.79 Å². The molecule has 3 rings (SSSR count). The maximum atomic E-state index is 12.5. The Kier molecular flexibility index (Phi) is 6.25. The summed E-state index contributed by atoms with van der Waals surface area (Å²) in [7, 11) is 0. The summed E-state index contributed by atoms with van der Waals surface area (Å²) < 4.78 is 10.2. The molecule has 0 aliphatic rings. The molecule has 2 aromatic heterocycles. The number of aromatic nitrogens is 2. The van der Waals surface area contributed by atoms with Crippen molar-refractivity contribution in [2.24, 2.45) is 0 Å². The number of carbonyl (C=O) groups is 2. The van der Waals surface area contributed by atoms with Crippen molar-refractivity contribution in [3.05, 3.63) is 58.2 Å². The van der Waals surface area contributed by atoms with Gasteiger partial charge in [-0.15, -0.1) is 23.1 Å². The summed E-state index contributed by atoms with van der Waals surface area (Å²) in [5.74, 6) is 0.454. The van der Waals surface area contributed by atoms with Crippen LogP contribution >= 0.6 is 23.1 Å². The Bertz CT molecular complexity index is 924. The van der Waals surface area contributed by atoms with Gasteiger partial charge in [0.1, 0.15) is 5.76 Å². The summed E-state index contributed by atoms with van der Waals surface area (Å²) in [6.07, 6.45) is -0.980. The average molecular weight is 403 g/mol. The van der Waals surface area contributed by atoms with Crippen molar-refractivity contribution in [1.29, 1.82) is 0 Å². The Morgan fingerprint density at radius 3 is 2.89 bits per heavy atom. The van der Waals surface area contributed by atoms with Crippen LogP contribution < -0.4 is 5.32 Å². The van der Waals surface area contributed by atoms with Gasteiger partial charge in [0.05, 0.1) is 16.8 Å². The topological polar surface area (TPSA) is 94.3 Å². The molecule has 1 N–H and O–H groups in total. The van der Waals surface area contributed by atoms with Crippen molar-refractivity contribution in [2.45, 2.75) is 30.6 Å². The highest BCUT2D eigenvalue weighted by Gasteiger charge is 2.21. The van der Waals surface area contributed by atoms with E-state index in [1.54, 1.807) is 30.6 Å². The number of benzene rings is 1. The zero-order valence-electron chi connectivity index (χ0n) is 14.7. The van der Waals surface area contributed by atoms with E-state index in [4.69, 9.17) is 9.26 Å². The van der Waals surface area contributed by atoms with Crippen LogP contribution in [0.2, 0.25) is 0 Å². The van der Waals surface area contributed by atoms with E-state index >= 15 is 0 Å². The summed E-state index contributed by atoms with van der Waals surface area (Å²) in [4.78, 5) is 29.7. The molecule has 27 heavy (non-hydrogen) atoms. The molecule has 9 heteroatoms. The first kappa shape index (κ1) is 19.1. The second-order valence-electron chi connectivity index (χ2n) is 5.62. The number of nitrogens with zero attached hydrogens (tertiary/aromatic N) is 2. The smallest absolute Gasteiger partial charge is 0.340 e. The lowest BCUT2D eigenvalue weighted by Gasteiger charge is -2.14. The van der Waals surface area contributed by atoms with E-state index in [9.17, 15) is 9.59 Å². The molecule has 0 radical (unpaired) electrons. The van der Waals surface area contributed by atoms with Crippen molar-refractivity contribution in [2.75, 3.05) is 5.32 Å². The van der Waals surface area contributed by atoms with Crippen LogP contribution in [0.5, 0.6) is 0 Å². The molecule has 3 aromatic rings. The zero-order valence-corrected chi connectivity index (χ0v) is 16.3. The summed E-state index contributed by atoms with van der Waals surface area (Å²) in [5, 5.41) is 8.19. The number of aryl methyl sites for hydroxylation is 1. The lowest BCUT2D eigenvalue weighted by Crippen LogP contribution is -2.30. The van der Waals surface area contributed by atoms with Crippen molar-refractivity contribution >= 4 is 40.8 Å². The number of hydrogen-bond acceptors (Lipinski definition) is 8. The fraction of sp³-hybridized carbons (Fsp3) is 0.222. The van der Waals surface area contributed by atoms with Crippen molar-refractivity contribution in [3.63, 3.8) is 0 Å². The van der Waals surface area contributed by atoms with E-state index in [1.165, 1.54) is 30.0 Å². The number of thiazole rings is 1. The van der Waals surface area contributed by atoms with E-state index in [2.05, 4.69) is 15.5 Å². The minimum Gasteiger partial charge on any atom is -0.449 e. The monoisotopic (exact) mass is 403 g/mol. The molecule has 0 aliphatic heterocycles. The molecule has 0 saturated carbocycles. The lowest BCUT2D eigenvalue weighted by atomic mass is 10.2. The number of hydrogen-bond donors (Lipinski definition) is 1. The molecule has 0 aliphatic carbocycles. The molecular formula is C18H17N3O4S2. The molecule has 0 fully saturated rings. The molecule has 140 valence electrons. The number of thioether (sulfide) groups is 1. The Labute approximate surface area is 164 Å². The van der Waals surface area contributed by atoms with Crippen LogP contribution in [-0.4, -0.2) is 28.1 Å². The highest BCUT2D eigenvalue weighted by Crippen LogP contribution is 2.27. The van der Waals surface area contributed by atoms with Gasteiger partial charge in [-0.1, -0.05) is 17.3 Å². The van der Waals surface area contributed by atoms with Gasteiger partial charge in [-0.2, -0.15) is 0 Å². The van der Waals surface area contributed by atoms with Crippen LogP contribution in [0.25, 0.3) is 0 Å². The molecule has 0 bridgehead atoms. The van der Waals surface area contributed by atoms with Gasteiger partial charge >= 0.3 is 5.97 Å². The largest absolute Gasteiger partial charge is 0.449 e. The average Bonchev–Trinajstić information content (AvgIpc) is 3.31. The fourth-order valence-electron chi connectivity index (χ4n) is 2.15. The second kappa shape index (κ2) is 8.83. The fourth-order valence-corrected chi connectivity index (χ4v) is 3.76. The molecule has 0 saturated heterocycles. The summed E-state index contributed by atoms with van der Waals surface area (Å²) in [5.41, 5.74) is 3.13. The number of amides is 1. The maximum absolute atomic E-state index is 12.5. The Morgan fingerprint density at radius 1 is 1.37 bits per heavy atom. The normalized spacial score (nSPS) is 11.8. The predicted octanol–water partition coefficient (Wildman–Crippen LogP) is 3.92. The van der Waals surface area contributed by atoms with Gasteiger partial charge in [0.15, 0.2) is 11.9 Å². The molecular weight excluding hydrogens is 386 g/mol. The summed E-state index contributed by atoms with van der Waals surface area (Å²) >= 11 is 3.02. The Hall–Kier alpha value is -2.65. The maximum Gasteiger partial charge on any atom is 0.340 e. The predicted molar refractivity (Wildman–Crippen MR) is 103 cm³/mol. The number of rotatable bonds is 7. The third kappa shape index (κ3) is 5.18. The van der Waals surface area contributed by atoms with Crippen molar-refractivity contribution in [1.82, 2.24) is 10.1 Å². The van der Waals surface area contributed by atoms with Gasteiger partial charge in [-0.25, -0.2) is 9.78 Å². The Morgan fingerprint density at radius 2 is 2.19 bits per heavy atom. The molecule has 0 spiro atoms. The number of nitrogens with one attached hydrogen (secondary N) is 1. The van der Waals surface area contributed by atoms with Crippen LogP contribution in [0.4, 0.5) is 5.82 Å². The number of anilines is 1. The summed E-state index contributed by atoms with van der Waals surface area (Å²) in [6, 6.07) is 8.71. The van der Waals surface area contributed by atoms with Crippen molar-refractivity contribution < 1.29 is 18.8 Å². The highest BCUT2D eigenvalue weighted by molar-refractivity contribution is 7.98. The van der Waals surface area contributed by atoms with E-state index in [-0.39, 0.29) is 5.82 Å². The van der Waals surface area contributed by atoms with Gasteiger partial charge < -0.3 is 14.6 Å². The van der Waals surface area contributed by atoms with E-state index < -0.39 is 18.0 Å². The quantitative estimate of drug-likeness (QED) is 0.472. The molecule has 1 amide bonds. The third-order valence-corrected chi connectivity index (χ3v) is 5.24. The number of esters is 1. The van der Waals surface area contributed by atoms with E-state index in [0.29, 0.717) is 17.1 Å². The van der Waals surface area contributed by atoms with Crippen LogP contribution in [0, 0.1) is 6.92 Å². The van der Waals surface area contributed by atoms with Crippen LogP contribution in [0.1, 0.15) is 28.7 Å². The molecule has 0 unspecified atom stereocenters.